The summed E-state index contributed by atoms with van der Waals surface area (Å²) >= 11 is 0. The Morgan fingerprint density at radius 3 is 2.07 bits per heavy atom. The highest BCUT2D eigenvalue weighted by Crippen LogP contribution is 2.40. The number of ether oxygens (including phenoxy) is 2. The molecule has 2 aromatic rings. The topological polar surface area (TPSA) is 145 Å². The second kappa shape index (κ2) is 14.1. The van der Waals surface area contributed by atoms with Crippen molar-refractivity contribution in [1.82, 2.24) is 10.2 Å². The van der Waals surface area contributed by atoms with E-state index in [4.69, 9.17) is 9.47 Å². The van der Waals surface area contributed by atoms with E-state index in [2.05, 4.69) is 5.32 Å². The molecule has 232 valence electrons. The van der Waals surface area contributed by atoms with E-state index in [0.29, 0.717) is 53.9 Å². The minimum absolute atomic E-state index is 0.0852. The van der Waals surface area contributed by atoms with Crippen LogP contribution in [0.25, 0.3) is 0 Å². The van der Waals surface area contributed by atoms with Gasteiger partial charge in [0.15, 0.2) is 0 Å². The van der Waals surface area contributed by atoms with Crippen LogP contribution >= 0.6 is 0 Å². The number of allylic oxidation sites excluding steroid dienone is 2. The first-order chi connectivity index (χ1) is 21.0. The van der Waals surface area contributed by atoms with Crippen molar-refractivity contribution in [2.75, 3.05) is 19.8 Å². The number of nitrogens with one attached hydrogen (secondary N) is 1. The predicted octanol–water partition coefficient (Wildman–Crippen LogP) is 5.43. The lowest BCUT2D eigenvalue weighted by Gasteiger charge is -2.30. The Balaban J connectivity index is 1.39. The van der Waals surface area contributed by atoms with E-state index in [1.165, 1.54) is 23.1 Å². The van der Waals surface area contributed by atoms with E-state index in [-0.39, 0.29) is 47.8 Å². The van der Waals surface area contributed by atoms with Crippen LogP contribution < -0.4 is 5.32 Å². The molecule has 2 aliphatic heterocycles. The largest absolute Gasteiger partial charge is 0.462 e. The van der Waals surface area contributed by atoms with Crippen molar-refractivity contribution >= 4 is 29.4 Å². The number of amides is 2. The van der Waals surface area contributed by atoms with Crippen LogP contribution in [0, 0.1) is 16.0 Å². The van der Waals surface area contributed by atoms with Gasteiger partial charge in [-0.05, 0) is 56.7 Å². The number of fused-ring (bicyclic) bond motifs is 1. The third-order valence-corrected chi connectivity index (χ3v) is 7.55. The molecule has 1 N–H and O–H groups in total. The molecule has 1 unspecified atom stereocenters. The summed E-state index contributed by atoms with van der Waals surface area (Å²) in [6.45, 7) is 7.80. The lowest BCUT2D eigenvalue weighted by Crippen LogP contribution is -2.33. The number of rotatable bonds is 13. The zero-order chi connectivity index (χ0) is 32.0. The molecule has 2 aromatic carbocycles. The summed E-state index contributed by atoms with van der Waals surface area (Å²) in [6.07, 6.45) is 2.59. The van der Waals surface area contributed by atoms with Gasteiger partial charge >= 0.3 is 11.9 Å². The standard InChI is InChI=1S/C33H37N3O8/c1-20(2)19-44-33(40)28-22(4)34-21(3)27(29(28)23-12-11-13-24(18-23)36(41)42)32(39)43-17-10-6-5-9-16-35-30(37)25-14-7-8-15-26(25)31(35)38/h7-8,11-15,18,20,29,34H,5-6,9-10,16-17,19H2,1-4H3. The number of benzene rings is 2. The highest BCUT2D eigenvalue weighted by atomic mass is 16.6. The Hall–Kier alpha value is -4.80. The number of dihydropyridines is 1. The molecule has 1 atom stereocenters. The summed E-state index contributed by atoms with van der Waals surface area (Å²) in [7, 11) is 0. The fourth-order valence-corrected chi connectivity index (χ4v) is 5.42. The zero-order valence-corrected chi connectivity index (χ0v) is 25.4. The van der Waals surface area contributed by atoms with Crippen LogP contribution in [0.2, 0.25) is 0 Å². The number of hydrogen-bond donors (Lipinski definition) is 1. The summed E-state index contributed by atoms with van der Waals surface area (Å²) in [6, 6.07) is 12.6. The van der Waals surface area contributed by atoms with Gasteiger partial charge in [-0.1, -0.05) is 44.5 Å². The number of nitro benzene ring substituents is 1. The molecular weight excluding hydrogens is 566 g/mol. The van der Waals surface area contributed by atoms with Gasteiger partial charge < -0.3 is 14.8 Å². The molecule has 0 bridgehead atoms. The van der Waals surface area contributed by atoms with Crippen LogP contribution in [-0.2, 0) is 19.1 Å². The smallest absolute Gasteiger partial charge is 0.336 e. The van der Waals surface area contributed by atoms with Crippen molar-refractivity contribution in [3.63, 3.8) is 0 Å². The van der Waals surface area contributed by atoms with Gasteiger partial charge in [0.2, 0.25) is 0 Å². The SMILES string of the molecule is CC1=C(C(=O)OCCCCCCN2C(=O)c3ccccc3C2=O)C(c2cccc([N+](=O)[O-])c2)C(C(=O)OCC(C)C)=C(C)N1. The summed E-state index contributed by atoms with van der Waals surface area (Å²) in [4.78, 5) is 64.1. The lowest BCUT2D eigenvalue weighted by molar-refractivity contribution is -0.384. The van der Waals surface area contributed by atoms with Gasteiger partial charge in [-0.2, -0.15) is 0 Å². The van der Waals surface area contributed by atoms with Crippen molar-refractivity contribution in [2.24, 2.45) is 5.92 Å². The lowest BCUT2D eigenvalue weighted by atomic mass is 9.80. The third kappa shape index (κ3) is 7.04. The number of non-ortho nitro benzene ring substituents is 1. The van der Waals surface area contributed by atoms with Gasteiger partial charge in [-0.3, -0.25) is 24.6 Å². The van der Waals surface area contributed by atoms with Crippen LogP contribution in [0.3, 0.4) is 0 Å². The molecule has 2 aliphatic rings. The van der Waals surface area contributed by atoms with Crippen LogP contribution in [0.5, 0.6) is 0 Å². The number of carbonyl (C=O) groups is 4. The molecule has 11 heteroatoms. The number of hydrogen-bond acceptors (Lipinski definition) is 9. The van der Waals surface area contributed by atoms with Gasteiger partial charge in [0.25, 0.3) is 17.5 Å². The monoisotopic (exact) mass is 603 g/mol. The van der Waals surface area contributed by atoms with E-state index < -0.39 is 22.8 Å². The Morgan fingerprint density at radius 1 is 0.886 bits per heavy atom. The maximum absolute atomic E-state index is 13.5. The molecule has 44 heavy (non-hydrogen) atoms. The maximum Gasteiger partial charge on any atom is 0.336 e. The van der Waals surface area contributed by atoms with Crippen molar-refractivity contribution < 1.29 is 33.6 Å². The number of imide groups is 1. The molecule has 0 aliphatic carbocycles. The Labute approximate surface area is 256 Å². The van der Waals surface area contributed by atoms with Crippen LogP contribution in [-0.4, -0.2) is 53.3 Å². The Bertz CT molecular complexity index is 1510. The van der Waals surface area contributed by atoms with Crippen molar-refractivity contribution in [1.29, 1.82) is 0 Å². The summed E-state index contributed by atoms with van der Waals surface area (Å²) < 4.78 is 11.2. The highest BCUT2D eigenvalue weighted by molar-refractivity contribution is 6.21. The molecule has 2 heterocycles. The average Bonchev–Trinajstić information content (AvgIpc) is 3.23. The fraction of sp³-hybridized carbons (Fsp3) is 0.394. The first-order valence-corrected chi connectivity index (χ1v) is 14.7. The molecule has 0 aromatic heterocycles. The molecule has 0 saturated heterocycles. The molecule has 11 nitrogen and oxygen atoms in total. The Kier molecular flexibility index (Phi) is 10.3. The first kappa shape index (κ1) is 32.1. The quantitative estimate of drug-likeness (QED) is 0.104. The molecule has 0 fully saturated rings. The predicted molar refractivity (Wildman–Crippen MR) is 161 cm³/mol. The zero-order valence-electron chi connectivity index (χ0n) is 25.4. The third-order valence-electron chi connectivity index (χ3n) is 7.55. The molecule has 0 radical (unpaired) electrons. The van der Waals surface area contributed by atoms with Gasteiger partial charge in [-0.15, -0.1) is 0 Å². The first-order valence-electron chi connectivity index (χ1n) is 14.7. The number of nitro groups is 1. The average molecular weight is 604 g/mol. The molecule has 2 amide bonds. The highest BCUT2D eigenvalue weighted by Gasteiger charge is 2.39. The molecule has 4 rings (SSSR count). The van der Waals surface area contributed by atoms with Crippen LogP contribution in [0.1, 0.15) is 85.6 Å². The van der Waals surface area contributed by atoms with E-state index >= 15 is 0 Å². The van der Waals surface area contributed by atoms with Crippen molar-refractivity contribution in [3.8, 4) is 0 Å². The molecular formula is C33H37N3O8. The van der Waals surface area contributed by atoms with Crippen molar-refractivity contribution in [2.45, 2.75) is 59.3 Å². The molecule has 0 spiro atoms. The second-order valence-electron chi connectivity index (χ2n) is 11.3. The van der Waals surface area contributed by atoms with E-state index in [1.807, 2.05) is 13.8 Å². The van der Waals surface area contributed by atoms with E-state index in [9.17, 15) is 29.3 Å². The van der Waals surface area contributed by atoms with E-state index in [0.717, 1.165) is 6.42 Å². The normalized spacial score (nSPS) is 16.3. The minimum atomic E-state index is -0.928. The minimum Gasteiger partial charge on any atom is -0.462 e. The summed E-state index contributed by atoms with van der Waals surface area (Å²) in [5.41, 5.74) is 2.42. The van der Waals surface area contributed by atoms with Gasteiger partial charge in [0.1, 0.15) is 0 Å². The van der Waals surface area contributed by atoms with Crippen molar-refractivity contribution in [3.05, 3.63) is 97.9 Å². The number of nitrogens with zero attached hydrogens (tertiary/aromatic N) is 2. The van der Waals surface area contributed by atoms with Crippen LogP contribution in [0.15, 0.2) is 71.1 Å². The summed E-state index contributed by atoms with van der Waals surface area (Å²) in [5.74, 6) is -2.65. The maximum atomic E-state index is 13.5. The summed E-state index contributed by atoms with van der Waals surface area (Å²) in [5, 5.41) is 14.6. The van der Waals surface area contributed by atoms with Gasteiger partial charge in [0, 0.05) is 30.1 Å². The number of unbranched alkanes of at least 4 members (excludes halogenated alkanes) is 3. The second-order valence-corrected chi connectivity index (χ2v) is 11.3. The van der Waals surface area contributed by atoms with Gasteiger partial charge in [0.05, 0.1) is 46.3 Å². The Morgan fingerprint density at radius 2 is 1.48 bits per heavy atom. The number of esters is 2. The van der Waals surface area contributed by atoms with E-state index in [1.54, 1.807) is 44.2 Å². The van der Waals surface area contributed by atoms with Crippen LogP contribution in [0.4, 0.5) is 5.69 Å². The van der Waals surface area contributed by atoms with Gasteiger partial charge in [-0.25, -0.2) is 9.59 Å². The molecule has 0 saturated carbocycles. The fourth-order valence-electron chi connectivity index (χ4n) is 5.42. The number of carbonyl (C=O) groups excluding carboxylic acids is 4.